The fourth-order valence-electron chi connectivity index (χ4n) is 2.51. The van der Waals surface area contributed by atoms with Crippen LogP contribution in [0.25, 0.3) is 0 Å². The third-order valence-corrected chi connectivity index (χ3v) is 5.32. The van der Waals surface area contributed by atoms with Crippen molar-refractivity contribution in [2.45, 2.75) is 32.7 Å². The van der Waals surface area contributed by atoms with Crippen LogP contribution in [0.1, 0.15) is 24.7 Å². The molecule has 0 spiro atoms. The molecule has 2 atom stereocenters. The third-order valence-electron chi connectivity index (χ3n) is 3.57. The van der Waals surface area contributed by atoms with Gasteiger partial charge in [-0.25, -0.2) is 0 Å². The van der Waals surface area contributed by atoms with Gasteiger partial charge in [-0.15, -0.1) is 0 Å². The van der Waals surface area contributed by atoms with E-state index in [0.717, 1.165) is 23.7 Å². The van der Waals surface area contributed by atoms with Crippen LogP contribution in [0.2, 0.25) is 5.02 Å². The highest BCUT2D eigenvalue weighted by atomic mass is 35.5. The molecular formula is C13H22ClN3S. The van der Waals surface area contributed by atoms with Crippen molar-refractivity contribution in [2.75, 3.05) is 18.1 Å². The van der Waals surface area contributed by atoms with Crippen LogP contribution < -0.4 is 5.32 Å². The number of aromatic nitrogens is 2. The van der Waals surface area contributed by atoms with E-state index in [4.69, 9.17) is 11.6 Å². The fraction of sp³-hybridized carbons (Fsp3) is 0.769. The lowest BCUT2D eigenvalue weighted by atomic mass is 9.97. The number of aryl methyl sites for hydroxylation is 2. The molecule has 2 heterocycles. The molecule has 2 rings (SSSR count). The molecule has 1 aliphatic heterocycles. The first-order chi connectivity index (χ1) is 8.63. The van der Waals surface area contributed by atoms with Crippen molar-refractivity contribution >= 4 is 23.4 Å². The largest absolute Gasteiger partial charge is 0.313 e. The Bertz CT molecular complexity index is 405. The first-order valence-electron chi connectivity index (χ1n) is 6.62. The molecule has 0 saturated carbocycles. The summed E-state index contributed by atoms with van der Waals surface area (Å²) in [4.78, 5) is 0. The molecule has 18 heavy (non-hydrogen) atoms. The van der Waals surface area contributed by atoms with Crippen LogP contribution in [0.3, 0.4) is 0 Å². The highest BCUT2D eigenvalue weighted by Crippen LogP contribution is 2.30. The second kappa shape index (κ2) is 6.31. The van der Waals surface area contributed by atoms with E-state index in [1.807, 2.05) is 30.4 Å². The molecule has 1 aromatic rings. The maximum atomic E-state index is 6.33. The van der Waals surface area contributed by atoms with E-state index >= 15 is 0 Å². The van der Waals surface area contributed by atoms with Crippen LogP contribution in [0.4, 0.5) is 0 Å². The zero-order valence-electron chi connectivity index (χ0n) is 11.4. The Morgan fingerprint density at radius 3 is 2.89 bits per heavy atom. The molecule has 0 aromatic carbocycles. The summed E-state index contributed by atoms with van der Waals surface area (Å²) in [6.45, 7) is 5.30. The van der Waals surface area contributed by atoms with Crippen LogP contribution in [0.5, 0.6) is 0 Å². The SMILES string of the molecule is CCCNC1CSCC1Cc1c(Cl)c(C)nn1C. The number of nitrogens with zero attached hydrogens (tertiary/aromatic N) is 2. The van der Waals surface area contributed by atoms with Crippen LogP contribution >= 0.6 is 23.4 Å². The number of hydrogen-bond donors (Lipinski definition) is 1. The first kappa shape index (κ1) is 14.2. The third kappa shape index (κ3) is 3.03. The van der Waals surface area contributed by atoms with Crippen molar-refractivity contribution in [3.8, 4) is 0 Å². The minimum absolute atomic E-state index is 0.626. The van der Waals surface area contributed by atoms with E-state index in [-0.39, 0.29) is 0 Å². The Hall–Kier alpha value is -0.190. The summed E-state index contributed by atoms with van der Waals surface area (Å²) in [5, 5.41) is 8.90. The van der Waals surface area contributed by atoms with Gasteiger partial charge in [0.05, 0.1) is 16.4 Å². The predicted octanol–water partition coefficient (Wildman–Crippen LogP) is 2.66. The van der Waals surface area contributed by atoms with Crippen molar-refractivity contribution in [3.05, 3.63) is 16.4 Å². The summed E-state index contributed by atoms with van der Waals surface area (Å²) in [7, 11) is 1.99. The lowest BCUT2D eigenvalue weighted by molar-refractivity contribution is 0.417. The number of rotatable bonds is 5. The van der Waals surface area contributed by atoms with Gasteiger partial charge in [0, 0.05) is 18.8 Å². The van der Waals surface area contributed by atoms with Crippen LogP contribution in [0, 0.1) is 12.8 Å². The number of hydrogen-bond acceptors (Lipinski definition) is 3. The number of thioether (sulfide) groups is 1. The van der Waals surface area contributed by atoms with Crippen molar-refractivity contribution in [1.29, 1.82) is 0 Å². The molecule has 1 fully saturated rings. The summed E-state index contributed by atoms with van der Waals surface area (Å²) in [5.41, 5.74) is 2.13. The van der Waals surface area contributed by atoms with Gasteiger partial charge in [-0.2, -0.15) is 16.9 Å². The van der Waals surface area contributed by atoms with Gasteiger partial charge in [-0.05, 0) is 38.0 Å². The monoisotopic (exact) mass is 287 g/mol. The summed E-state index contributed by atoms with van der Waals surface area (Å²) in [6.07, 6.45) is 2.23. The van der Waals surface area contributed by atoms with E-state index in [1.165, 1.54) is 23.6 Å². The van der Waals surface area contributed by atoms with Crippen LogP contribution in [-0.2, 0) is 13.5 Å². The second-order valence-electron chi connectivity index (χ2n) is 5.03. The van der Waals surface area contributed by atoms with Gasteiger partial charge < -0.3 is 5.32 Å². The molecule has 0 radical (unpaired) electrons. The highest BCUT2D eigenvalue weighted by Gasteiger charge is 2.29. The molecule has 2 unspecified atom stereocenters. The smallest absolute Gasteiger partial charge is 0.0847 e. The van der Waals surface area contributed by atoms with Gasteiger partial charge in [-0.3, -0.25) is 4.68 Å². The van der Waals surface area contributed by atoms with E-state index in [1.54, 1.807) is 0 Å². The highest BCUT2D eigenvalue weighted by molar-refractivity contribution is 7.99. The summed E-state index contributed by atoms with van der Waals surface area (Å²) >= 11 is 8.38. The minimum Gasteiger partial charge on any atom is -0.313 e. The van der Waals surface area contributed by atoms with Gasteiger partial charge in [0.25, 0.3) is 0 Å². The fourth-order valence-corrected chi connectivity index (χ4v) is 4.18. The topological polar surface area (TPSA) is 29.9 Å². The lowest BCUT2D eigenvalue weighted by Gasteiger charge is -2.20. The maximum Gasteiger partial charge on any atom is 0.0847 e. The van der Waals surface area contributed by atoms with Crippen LogP contribution in [-0.4, -0.2) is 33.9 Å². The van der Waals surface area contributed by atoms with Crippen molar-refractivity contribution in [3.63, 3.8) is 0 Å². The number of nitrogens with one attached hydrogen (secondary N) is 1. The van der Waals surface area contributed by atoms with Crippen molar-refractivity contribution < 1.29 is 0 Å². The average molecular weight is 288 g/mol. The summed E-state index contributed by atoms with van der Waals surface area (Å²) in [5.74, 6) is 3.12. The first-order valence-corrected chi connectivity index (χ1v) is 8.15. The van der Waals surface area contributed by atoms with E-state index in [0.29, 0.717) is 12.0 Å². The van der Waals surface area contributed by atoms with Gasteiger partial charge in [0.15, 0.2) is 0 Å². The van der Waals surface area contributed by atoms with Gasteiger partial charge in [0.1, 0.15) is 0 Å². The normalized spacial score (nSPS) is 23.8. The summed E-state index contributed by atoms with van der Waals surface area (Å²) < 4.78 is 1.94. The quantitative estimate of drug-likeness (QED) is 0.903. The van der Waals surface area contributed by atoms with Crippen LogP contribution in [0.15, 0.2) is 0 Å². The molecule has 1 saturated heterocycles. The minimum atomic E-state index is 0.626. The lowest BCUT2D eigenvalue weighted by Crippen LogP contribution is -2.37. The Morgan fingerprint density at radius 2 is 2.28 bits per heavy atom. The molecule has 0 aliphatic carbocycles. The molecule has 0 amide bonds. The van der Waals surface area contributed by atoms with E-state index in [2.05, 4.69) is 17.3 Å². The molecule has 0 bridgehead atoms. The van der Waals surface area contributed by atoms with Crippen molar-refractivity contribution in [2.24, 2.45) is 13.0 Å². The molecule has 5 heteroatoms. The van der Waals surface area contributed by atoms with Crippen molar-refractivity contribution in [1.82, 2.24) is 15.1 Å². The Labute approximate surface area is 119 Å². The molecular weight excluding hydrogens is 266 g/mol. The van der Waals surface area contributed by atoms with Gasteiger partial charge in [-0.1, -0.05) is 18.5 Å². The zero-order valence-corrected chi connectivity index (χ0v) is 12.9. The molecule has 1 N–H and O–H groups in total. The Balaban J connectivity index is 2.03. The standard InChI is InChI=1S/C13H22ClN3S/c1-4-5-15-11-8-18-7-10(11)6-12-13(14)9(2)16-17(12)3/h10-11,15H,4-8H2,1-3H3. The molecule has 3 nitrogen and oxygen atoms in total. The maximum absolute atomic E-state index is 6.33. The molecule has 1 aromatic heterocycles. The predicted molar refractivity (Wildman–Crippen MR) is 79.6 cm³/mol. The zero-order chi connectivity index (χ0) is 13.1. The summed E-state index contributed by atoms with van der Waals surface area (Å²) in [6, 6.07) is 0.626. The van der Waals surface area contributed by atoms with E-state index < -0.39 is 0 Å². The molecule has 102 valence electrons. The number of halogens is 1. The Kier molecular flexibility index (Phi) is 4.98. The average Bonchev–Trinajstić information content (AvgIpc) is 2.87. The van der Waals surface area contributed by atoms with Gasteiger partial charge in [0.2, 0.25) is 0 Å². The second-order valence-corrected chi connectivity index (χ2v) is 6.48. The van der Waals surface area contributed by atoms with Gasteiger partial charge >= 0.3 is 0 Å². The Morgan fingerprint density at radius 1 is 1.50 bits per heavy atom. The van der Waals surface area contributed by atoms with E-state index in [9.17, 15) is 0 Å². The molecule has 1 aliphatic rings.